The van der Waals surface area contributed by atoms with Crippen LogP contribution in [0.1, 0.15) is 0 Å². The number of allylic oxidation sites excluding steroid dienone is 1. The summed E-state index contributed by atoms with van der Waals surface area (Å²) >= 11 is 0. The van der Waals surface area contributed by atoms with Gasteiger partial charge in [0.25, 0.3) is 0 Å². The van der Waals surface area contributed by atoms with Gasteiger partial charge in [-0.05, 0) is 6.08 Å². The van der Waals surface area contributed by atoms with E-state index in [0.29, 0.717) is 0 Å². The summed E-state index contributed by atoms with van der Waals surface area (Å²) in [6.07, 6.45) is 3.02. The van der Waals surface area contributed by atoms with E-state index in [-0.39, 0.29) is 0 Å². The monoisotopic (exact) mass is 85.1 g/mol. The number of rotatable bonds is 2. The first-order valence-electron chi connectivity index (χ1n) is 1.59. The molecule has 0 saturated carbocycles. The zero-order valence-electron chi connectivity index (χ0n) is 3.72. The summed E-state index contributed by atoms with van der Waals surface area (Å²) in [6.45, 7) is 3.37. The molecule has 0 rings (SSSR count). The predicted molar refractivity (Wildman–Crippen MR) is 25.7 cm³/mol. The van der Waals surface area contributed by atoms with Crippen LogP contribution in [0.3, 0.4) is 0 Å². The van der Waals surface area contributed by atoms with Crippen molar-refractivity contribution in [1.29, 1.82) is 0 Å². The van der Waals surface area contributed by atoms with E-state index in [9.17, 15) is 0 Å². The van der Waals surface area contributed by atoms with Gasteiger partial charge in [-0.25, -0.2) is 0 Å². The van der Waals surface area contributed by atoms with Crippen LogP contribution in [0.4, 0.5) is 0 Å². The van der Waals surface area contributed by atoms with E-state index < -0.39 is 0 Å². The number of hydrogen-bond acceptors (Lipinski definition) is 2. The van der Waals surface area contributed by atoms with E-state index in [2.05, 4.69) is 16.6 Å². The van der Waals surface area contributed by atoms with Gasteiger partial charge >= 0.3 is 0 Å². The van der Waals surface area contributed by atoms with Gasteiger partial charge in [-0.2, -0.15) is 0 Å². The summed E-state index contributed by atoms with van der Waals surface area (Å²) in [5, 5.41) is 3.35. The third-order valence-electron chi connectivity index (χ3n) is 0.272. The van der Waals surface area contributed by atoms with Gasteiger partial charge in [-0.1, -0.05) is 11.7 Å². The van der Waals surface area contributed by atoms with E-state index in [1.54, 1.807) is 6.08 Å². The lowest BCUT2D eigenvalue weighted by atomic mass is 10.7. The van der Waals surface area contributed by atoms with Crippen LogP contribution in [0.5, 0.6) is 0 Å². The van der Waals surface area contributed by atoms with Crippen LogP contribution in [0.15, 0.2) is 17.8 Å². The van der Waals surface area contributed by atoms with Crippen molar-refractivity contribution >= 4 is 6.21 Å². The van der Waals surface area contributed by atoms with Crippen molar-refractivity contribution in [1.82, 2.24) is 0 Å². The molecule has 2 nitrogen and oxygen atoms in total. The molecule has 0 N–H and O–H groups in total. The summed E-state index contributed by atoms with van der Waals surface area (Å²) in [4.78, 5) is 4.28. The smallest absolute Gasteiger partial charge is 0.106 e. The Morgan fingerprint density at radius 2 is 2.50 bits per heavy atom. The van der Waals surface area contributed by atoms with Crippen molar-refractivity contribution in [2.24, 2.45) is 5.16 Å². The molecule has 0 aromatic carbocycles. The van der Waals surface area contributed by atoms with Crippen LogP contribution in [0.25, 0.3) is 0 Å². The van der Waals surface area contributed by atoms with E-state index in [4.69, 9.17) is 0 Å². The molecule has 0 aliphatic rings. The molecule has 34 valence electrons. The molecule has 0 fully saturated rings. The molecule has 0 heterocycles. The van der Waals surface area contributed by atoms with E-state index >= 15 is 0 Å². The predicted octanol–water partition coefficient (Wildman–Crippen LogP) is 0.805. The summed E-state index contributed by atoms with van der Waals surface area (Å²) < 4.78 is 0. The van der Waals surface area contributed by atoms with Gasteiger partial charge in [0.15, 0.2) is 0 Å². The fraction of sp³-hybridized carbons (Fsp3) is 0.250. The Hall–Kier alpha value is -0.790. The molecule has 6 heavy (non-hydrogen) atoms. The van der Waals surface area contributed by atoms with Crippen LogP contribution in [0, 0.1) is 0 Å². The maximum absolute atomic E-state index is 4.28. The average molecular weight is 85.1 g/mol. The topological polar surface area (TPSA) is 21.6 Å². The van der Waals surface area contributed by atoms with Gasteiger partial charge in [0.1, 0.15) is 7.11 Å². The van der Waals surface area contributed by atoms with Crippen molar-refractivity contribution in [3.63, 3.8) is 0 Å². The highest BCUT2D eigenvalue weighted by molar-refractivity contribution is 5.69. The third kappa shape index (κ3) is 3.21. The van der Waals surface area contributed by atoms with Gasteiger partial charge < -0.3 is 4.84 Å². The average Bonchev–Trinajstić information content (AvgIpc) is 1.61. The highest BCUT2D eigenvalue weighted by Gasteiger charge is 1.51. The summed E-state index contributed by atoms with van der Waals surface area (Å²) in [6, 6.07) is 0. The molecule has 0 unspecified atom stereocenters. The van der Waals surface area contributed by atoms with Crippen molar-refractivity contribution in [2.45, 2.75) is 0 Å². The van der Waals surface area contributed by atoms with Crippen molar-refractivity contribution < 1.29 is 4.84 Å². The maximum Gasteiger partial charge on any atom is 0.106 e. The zero-order chi connectivity index (χ0) is 4.83. The lowest BCUT2D eigenvalue weighted by Crippen LogP contribution is -1.65. The lowest BCUT2D eigenvalue weighted by molar-refractivity contribution is 0.215. The van der Waals surface area contributed by atoms with Gasteiger partial charge in [0, 0.05) is 0 Å². The Morgan fingerprint density at radius 3 is 2.67 bits per heavy atom. The van der Waals surface area contributed by atoms with Gasteiger partial charge in [0.2, 0.25) is 0 Å². The molecular formula is C4H7NO. The second-order valence-electron chi connectivity index (χ2n) is 0.673. The van der Waals surface area contributed by atoms with Gasteiger partial charge in [0.05, 0.1) is 6.21 Å². The normalized spacial score (nSPS) is 8.83. The molecule has 0 spiro atoms. The maximum atomic E-state index is 4.28. The molecular weight excluding hydrogens is 78.0 g/mol. The van der Waals surface area contributed by atoms with Crippen LogP contribution in [0.2, 0.25) is 0 Å². The van der Waals surface area contributed by atoms with Crippen LogP contribution in [-0.2, 0) is 4.84 Å². The molecule has 0 aliphatic heterocycles. The Labute approximate surface area is 37.1 Å². The third-order valence-corrected chi connectivity index (χ3v) is 0.272. The molecule has 0 atom stereocenters. The summed E-state index contributed by atoms with van der Waals surface area (Å²) in [5.41, 5.74) is 0. The Morgan fingerprint density at radius 1 is 1.83 bits per heavy atom. The molecule has 0 aliphatic carbocycles. The summed E-state index contributed by atoms with van der Waals surface area (Å²) in [7, 11) is 1.49. The fourth-order valence-corrected chi connectivity index (χ4v) is 0.104. The molecule has 0 bridgehead atoms. The standard InChI is InChI=1S/C4H7NO/c1-3-4-5-6-2/h3-4H,1H2,2H3/b5-4-. The van der Waals surface area contributed by atoms with E-state index in [0.717, 1.165) is 0 Å². The van der Waals surface area contributed by atoms with Crippen molar-refractivity contribution in [3.8, 4) is 0 Å². The molecule has 0 radical (unpaired) electrons. The van der Waals surface area contributed by atoms with Gasteiger partial charge in [-0.3, -0.25) is 0 Å². The minimum atomic E-state index is 1.47. The van der Waals surface area contributed by atoms with E-state index in [1.165, 1.54) is 13.3 Å². The van der Waals surface area contributed by atoms with Crippen LogP contribution >= 0.6 is 0 Å². The quantitative estimate of drug-likeness (QED) is 0.359. The van der Waals surface area contributed by atoms with E-state index in [1.807, 2.05) is 0 Å². The Kier molecular flexibility index (Phi) is 3.66. The molecule has 0 aromatic heterocycles. The van der Waals surface area contributed by atoms with Crippen molar-refractivity contribution in [2.75, 3.05) is 7.11 Å². The first kappa shape index (κ1) is 5.21. The largest absolute Gasteiger partial charge is 0.399 e. The van der Waals surface area contributed by atoms with Crippen LogP contribution < -0.4 is 0 Å². The second kappa shape index (κ2) is 4.21. The second-order valence-corrected chi connectivity index (χ2v) is 0.673. The Bertz CT molecular complexity index is 58.6. The molecule has 0 saturated heterocycles. The number of oxime groups is 1. The highest BCUT2D eigenvalue weighted by atomic mass is 16.6. The first-order valence-corrected chi connectivity index (χ1v) is 1.59. The first-order chi connectivity index (χ1) is 2.91. The number of hydrogen-bond donors (Lipinski definition) is 0. The SMILES string of the molecule is C=C/C=N\OC. The molecule has 0 amide bonds. The molecule has 0 aromatic rings. The molecule has 2 heteroatoms. The van der Waals surface area contributed by atoms with Gasteiger partial charge in [-0.15, -0.1) is 0 Å². The lowest BCUT2D eigenvalue weighted by Gasteiger charge is -1.76. The minimum absolute atomic E-state index is 1.47. The minimum Gasteiger partial charge on any atom is -0.399 e. The zero-order valence-corrected chi connectivity index (χ0v) is 3.72. The Balaban J connectivity index is 2.94. The highest BCUT2D eigenvalue weighted by Crippen LogP contribution is 1.60. The van der Waals surface area contributed by atoms with Crippen molar-refractivity contribution in [3.05, 3.63) is 12.7 Å². The number of nitrogens with zero attached hydrogens (tertiary/aromatic N) is 1. The summed E-state index contributed by atoms with van der Waals surface area (Å²) in [5.74, 6) is 0. The van der Waals surface area contributed by atoms with Crippen LogP contribution in [-0.4, -0.2) is 13.3 Å². The fourth-order valence-electron chi connectivity index (χ4n) is 0.104.